The predicted molar refractivity (Wildman–Crippen MR) is 122 cm³/mol. The molecule has 3 aromatic rings. The molecular weight excluding hydrogens is 406 g/mol. The normalized spacial score (nSPS) is 15.4. The first-order valence-corrected chi connectivity index (χ1v) is 10.9. The highest BCUT2D eigenvalue weighted by atomic mass is 16.5. The summed E-state index contributed by atoms with van der Waals surface area (Å²) in [6, 6.07) is 17.6. The van der Waals surface area contributed by atoms with Crippen LogP contribution in [-0.2, 0) is 11.2 Å². The summed E-state index contributed by atoms with van der Waals surface area (Å²) in [5.74, 6) is 1.62. The molecule has 2 heterocycles. The molecule has 0 radical (unpaired) electrons. The lowest BCUT2D eigenvalue weighted by Gasteiger charge is -2.37. The number of benzene rings is 2. The molecule has 4 rings (SSSR count). The Hall–Kier alpha value is -3.46. The van der Waals surface area contributed by atoms with Gasteiger partial charge in [-0.15, -0.1) is 0 Å². The van der Waals surface area contributed by atoms with Crippen LogP contribution < -0.4 is 15.0 Å². The van der Waals surface area contributed by atoms with Crippen molar-refractivity contribution in [2.45, 2.75) is 19.4 Å². The van der Waals surface area contributed by atoms with Crippen LogP contribution in [-0.4, -0.2) is 76.9 Å². The maximum absolute atomic E-state index is 12.7. The van der Waals surface area contributed by atoms with Gasteiger partial charge in [-0.3, -0.25) is 9.69 Å². The summed E-state index contributed by atoms with van der Waals surface area (Å²) in [6.07, 6.45) is 0.790. The lowest BCUT2D eigenvalue weighted by Crippen LogP contribution is -2.54. The van der Waals surface area contributed by atoms with E-state index in [9.17, 15) is 4.79 Å². The molecule has 1 atom stereocenters. The van der Waals surface area contributed by atoms with Crippen LogP contribution in [0.4, 0.5) is 5.95 Å². The molecule has 1 aliphatic heterocycles. The Bertz CT molecular complexity index is 999. The largest absolute Gasteiger partial charge is 0.497 e. The van der Waals surface area contributed by atoms with Gasteiger partial charge in [-0.05, 0) is 53.6 Å². The van der Waals surface area contributed by atoms with Gasteiger partial charge in [-0.1, -0.05) is 35.4 Å². The molecule has 1 amide bonds. The van der Waals surface area contributed by atoms with Crippen molar-refractivity contribution in [2.75, 3.05) is 44.7 Å². The zero-order valence-electron chi connectivity index (χ0n) is 18.5. The van der Waals surface area contributed by atoms with E-state index in [1.807, 2.05) is 61.5 Å². The van der Waals surface area contributed by atoms with Gasteiger partial charge in [-0.2, -0.15) is 4.68 Å². The van der Waals surface area contributed by atoms with Crippen molar-refractivity contribution in [3.63, 3.8) is 0 Å². The number of piperazine rings is 1. The topological polar surface area (TPSA) is 88.4 Å². The average molecular weight is 436 g/mol. The SMILES string of the molecule is COc1ccc(CCNC(=O)C(C)N2CCN(c3nnnn3-c3ccccc3)CC2)cc1. The molecule has 9 nitrogen and oxygen atoms in total. The Morgan fingerprint density at radius 1 is 1.06 bits per heavy atom. The molecule has 1 aliphatic rings. The number of hydrogen-bond donors (Lipinski definition) is 1. The van der Waals surface area contributed by atoms with E-state index in [2.05, 4.69) is 30.6 Å². The van der Waals surface area contributed by atoms with Crippen molar-refractivity contribution in [3.05, 3.63) is 60.2 Å². The predicted octanol–water partition coefficient (Wildman–Crippen LogP) is 1.54. The van der Waals surface area contributed by atoms with E-state index in [-0.39, 0.29) is 11.9 Å². The number of amides is 1. The second kappa shape index (κ2) is 10.2. The van der Waals surface area contributed by atoms with Crippen molar-refractivity contribution in [1.29, 1.82) is 0 Å². The number of nitrogens with zero attached hydrogens (tertiary/aromatic N) is 6. The van der Waals surface area contributed by atoms with Crippen LogP contribution in [0.25, 0.3) is 5.69 Å². The van der Waals surface area contributed by atoms with E-state index < -0.39 is 0 Å². The molecule has 1 saturated heterocycles. The smallest absolute Gasteiger partial charge is 0.250 e. The summed E-state index contributed by atoms with van der Waals surface area (Å²) < 4.78 is 6.93. The highest BCUT2D eigenvalue weighted by Crippen LogP contribution is 2.18. The second-order valence-corrected chi connectivity index (χ2v) is 7.81. The molecule has 0 bridgehead atoms. The van der Waals surface area contributed by atoms with E-state index in [0.29, 0.717) is 6.54 Å². The molecule has 0 saturated carbocycles. The fourth-order valence-electron chi connectivity index (χ4n) is 3.86. The van der Waals surface area contributed by atoms with Crippen molar-refractivity contribution in [2.24, 2.45) is 0 Å². The van der Waals surface area contributed by atoms with Gasteiger partial charge in [0, 0.05) is 32.7 Å². The van der Waals surface area contributed by atoms with Gasteiger partial charge >= 0.3 is 0 Å². The summed E-state index contributed by atoms with van der Waals surface area (Å²) in [5.41, 5.74) is 2.10. The molecular formula is C23H29N7O2. The third-order valence-corrected chi connectivity index (χ3v) is 5.85. The number of rotatable bonds is 8. The first-order chi connectivity index (χ1) is 15.7. The number of tetrazole rings is 1. The first-order valence-electron chi connectivity index (χ1n) is 10.9. The monoisotopic (exact) mass is 435 g/mol. The lowest BCUT2D eigenvalue weighted by atomic mass is 10.1. The zero-order valence-corrected chi connectivity index (χ0v) is 18.5. The second-order valence-electron chi connectivity index (χ2n) is 7.81. The van der Waals surface area contributed by atoms with E-state index in [4.69, 9.17) is 4.74 Å². The highest BCUT2D eigenvalue weighted by Gasteiger charge is 2.27. The average Bonchev–Trinajstić information content (AvgIpc) is 3.34. The Morgan fingerprint density at radius 3 is 2.47 bits per heavy atom. The van der Waals surface area contributed by atoms with E-state index in [0.717, 1.165) is 50.0 Å². The summed E-state index contributed by atoms with van der Waals surface area (Å²) in [6.45, 7) is 5.64. The van der Waals surface area contributed by atoms with Gasteiger partial charge in [0.1, 0.15) is 5.75 Å². The Balaban J connectivity index is 1.26. The van der Waals surface area contributed by atoms with Crippen molar-refractivity contribution in [3.8, 4) is 11.4 Å². The number of para-hydroxylation sites is 1. The van der Waals surface area contributed by atoms with Gasteiger partial charge < -0.3 is 15.0 Å². The number of ether oxygens (including phenoxy) is 1. The fourth-order valence-corrected chi connectivity index (χ4v) is 3.86. The number of carbonyl (C=O) groups is 1. The Morgan fingerprint density at radius 2 is 1.78 bits per heavy atom. The summed E-state index contributed by atoms with van der Waals surface area (Å²) >= 11 is 0. The minimum atomic E-state index is -0.182. The fraction of sp³-hybridized carbons (Fsp3) is 0.391. The minimum Gasteiger partial charge on any atom is -0.497 e. The lowest BCUT2D eigenvalue weighted by molar-refractivity contribution is -0.125. The maximum atomic E-state index is 12.7. The Kier molecular flexibility index (Phi) is 6.96. The number of hydrogen-bond acceptors (Lipinski definition) is 7. The summed E-state index contributed by atoms with van der Waals surface area (Å²) in [5, 5.41) is 15.3. The van der Waals surface area contributed by atoms with Gasteiger partial charge in [0.05, 0.1) is 18.8 Å². The van der Waals surface area contributed by atoms with Gasteiger partial charge in [0.25, 0.3) is 0 Å². The summed E-state index contributed by atoms with van der Waals surface area (Å²) in [4.78, 5) is 17.0. The van der Waals surface area contributed by atoms with Crippen LogP contribution in [0.3, 0.4) is 0 Å². The van der Waals surface area contributed by atoms with Crippen molar-refractivity contribution in [1.82, 2.24) is 30.4 Å². The first kappa shape index (κ1) is 21.8. The minimum absolute atomic E-state index is 0.0566. The molecule has 1 fully saturated rings. The molecule has 168 valence electrons. The number of anilines is 1. The zero-order chi connectivity index (χ0) is 22.3. The van der Waals surface area contributed by atoms with Crippen LogP contribution in [0.2, 0.25) is 0 Å². The third-order valence-electron chi connectivity index (χ3n) is 5.85. The molecule has 0 aliphatic carbocycles. The van der Waals surface area contributed by atoms with Gasteiger partial charge in [-0.25, -0.2) is 0 Å². The number of aromatic nitrogens is 4. The number of methoxy groups -OCH3 is 1. The molecule has 2 aromatic carbocycles. The molecule has 9 heteroatoms. The molecule has 32 heavy (non-hydrogen) atoms. The third kappa shape index (κ3) is 5.05. The Labute approximate surface area is 188 Å². The van der Waals surface area contributed by atoms with E-state index in [1.165, 1.54) is 5.56 Å². The molecule has 1 N–H and O–H groups in total. The molecule has 1 unspecified atom stereocenters. The summed E-state index contributed by atoms with van der Waals surface area (Å²) in [7, 11) is 1.65. The van der Waals surface area contributed by atoms with E-state index in [1.54, 1.807) is 11.8 Å². The number of nitrogens with one attached hydrogen (secondary N) is 1. The van der Waals surface area contributed by atoms with Crippen molar-refractivity contribution >= 4 is 11.9 Å². The van der Waals surface area contributed by atoms with Gasteiger partial charge in [0.15, 0.2) is 0 Å². The van der Waals surface area contributed by atoms with Gasteiger partial charge in [0.2, 0.25) is 11.9 Å². The van der Waals surface area contributed by atoms with Crippen molar-refractivity contribution < 1.29 is 9.53 Å². The van der Waals surface area contributed by atoms with Crippen LogP contribution in [0, 0.1) is 0 Å². The van der Waals surface area contributed by atoms with Crippen LogP contribution in [0.15, 0.2) is 54.6 Å². The maximum Gasteiger partial charge on any atom is 0.250 e. The van der Waals surface area contributed by atoms with Crippen LogP contribution >= 0.6 is 0 Å². The van der Waals surface area contributed by atoms with Crippen LogP contribution in [0.5, 0.6) is 5.75 Å². The van der Waals surface area contributed by atoms with E-state index >= 15 is 0 Å². The molecule has 1 aromatic heterocycles. The standard InChI is InChI=1S/C23H29N7O2/c1-18(22(31)24-13-12-19-8-10-21(32-2)11-9-19)28-14-16-29(17-15-28)23-25-26-27-30(23)20-6-4-3-5-7-20/h3-11,18H,12-17H2,1-2H3,(H,24,31). The molecule has 0 spiro atoms. The quantitative estimate of drug-likeness (QED) is 0.574. The van der Waals surface area contributed by atoms with Crippen LogP contribution in [0.1, 0.15) is 12.5 Å². The number of carbonyl (C=O) groups excluding carboxylic acids is 1. The highest BCUT2D eigenvalue weighted by molar-refractivity contribution is 5.81.